The summed E-state index contributed by atoms with van der Waals surface area (Å²) < 4.78 is 0. The first-order valence-corrected chi connectivity index (χ1v) is 22.4. The molecule has 4 atom stereocenters. The predicted octanol–water partition coefficient (Wildman–Crippen LogP) is 12.3. The van der Waals surface area contributed by atoms with Crippen LogP contribution in [0.4, 0.5) is 0 Å². The zero-order valence-electron chi connectivity index (χ0n) is 34.9. The molecular weight excluding hydrogens is 697 g/mol. The van der Waals surface area contributed by atoms with E-state index in [2.05, 4.69) is 50.5 Å². The van der Waals surface area contributed by atoms with Crippen molar-refractivity contribution in [2.45, 2.75) is 207 Å². The molecule has 0 aromatic carbocycles. The molecule has 9 heteroatoms. The summed E-state index contributed by atoms with van der Waals surface area (Å²) in [7, 11) is 0. The summed E-state index contributed by atoms with van der Waals surface area (Å²) in [6.07, 6.45) is 35.3. The molecule has 0 saturated heterocycles. The van der Waals surface area contributed by atoms with Gasteiger partial charge in [-0.2, -0.15) is 0 Å². The summed E-state index contributed by atoms with van der Waals surface area (Å²) in [6, 6.07) is 0. The fourth-order valence-corrected chi connectivity index (χ4v) is 7.35. The van der Waals surface area contributed by atoms with E-state index in [4.69, 9.17) is 12.2 Å². The van der Waals surface area contributed by atoms with E-state index < -0.39 is 35.6 Å². The number of hydrogen-bond acceptors (Lipinski definition) is 5. The summed E-state index contributed by atoms with van der Waals surface area (Å²) in [4.78, 5) is 51.6. The molecule has 0 aliphatic carbocycles. The average molecular weight is 777 g/mol. The molecule has 4 unspecified atom stereocenters. The zero-order chi connectivity index (χ0) is 40.2. The number of unbranched alkanes of at least 4 members (excludes halogenated alkanes) is 20. The molecule has 2 amide bonds. The first kappa shape index (κ1) is 51.5. The lowest BCUT2D eigenvalue weighted by atomic mass is 9.83. The van der Waals surface area contributed by atoms with Crippen LogP contribution in [0.5, 0.6) is 0 Å². The van der Waals surface area contributed by atoms with Gasteiger partial charge in [0.05, 0.1) is 24.7 Å². The van der Waals surface area contributed by atoms with Gasteiger partial charge in [0.2, 0.25) is 11.8 Å². The largest absolute Gasteiger partial charge is 0.481 e. The molecule has 0 radical (unpaired) electrons. The fourth-order valence-electron chi connectivity index (χ4n) is 7.15. The SMILES string of the molecule is CCCCCCC/C=C\C(CCCCCCCC)C(CC(=O)O)C(=O)NC(=S)NC(=O)C(CC(=O)O)C(/C=C/CCCCCCC)CCCCCCCC. The van der Waals surface area contributed by atoms with Crippen molar-refractivity contribution in [3.63, 3.8) is 0 Å². The number of carbonyl (C=O) groups excluding carboxylic acids is 2. The van der Waals surface area contributed by atoms with E-state index in [-0.39, 0.29) is 29.8 Å². The van der Waals surface area contributed by atoms with Gasteiger partial charge in [-0.05, 0) is 62.6 Å². The quantitative estimate of drug-likeness (QED) is 0.0283. The lowest BCUT2D eigenvalue weighted by molar-refractivity contribution is -0.141. The fraction of sp³-hybridized carbons (Fsp3) is 0.800. The highest BCUT2D eigenvalue weighted by atomic mass is 32.1. The molecule has 0 aromatic rings. The first-order valence-electron chi connectivity index (χ1n) is 22.0. The van der Waals surface area contributed by atoms with Gasteiger partial charge in [-0.3, -0.25) is 19.2 Å². The maximum Gasteiger partial charge on any atom is 0.304 e. The molecular formula is C45H80N2O6S. The highest BCUT2D eigenvalue weighted by molar-refractivity contribution is 7.80. The van der Waals surface area contributed by atoms with Gasteiger partial charge >= 0.3 is 11.9 Å². The molecule has 0 aliphatic rings. The van der Waals surface area contributed by atoms with E-state index in [0.29, 0.717) is 12.8 Å². The number of rotatable bonds is 36. The maximum atomic E-state index is 13.7. The van der Waals surface area contributed by atoms with Crippen molar-refractivity contribution in [3.05, 3.63) is 24.3 Å². The molecule has 0 spiro atoms. The molecule has 8 nitrogen and oxygen atoms in total. The lowest BCUT2D eigenvalue weighted by Crippen LogP contribution is -2.48. The van der Waals surface area contributed by atoms with Gasteiger partial charge in [0.1, 0.15) is 0 Å². The van der Waals surface area contributed by atoms with Crippen molar-refractivity contribution >= 4 is 41.1 Å². The Bertz CT molecular complexity index is 981. The van der Waals surface area contributed by atoms with Crippen LogP contribution in [0, 0.1) is 23.7 Å². The van der Waals surface area contributed by atoms with Crippen molar-refractivity contribution in [1.29, 1.82) is 0 Å². The van der Waals surface area contributed by atoms with Crippen LogP contribution < -0.4 is 10.6 Å². The second-order valence-electron chi connectivity index (χ2n) is 15.4. The van der Waals surface area contributed by atoms with Crippen molar-refractivity contribution in [1.82, 2.24) is 10.6 Å². The molecule has 4 N–H and O–H groups in total. The number of nitrogens with one attached hydrogen (secondary N) is 2. The van der Waals surface area contributed by atoms with Crippen LogP contribution in [0.1, 0.15) is 207 Å². The van der Waals surface area contributed by atoms with Gasteiger partial charge in [-0.15, -0.1) is 0 Å². The van der Waals surface area contributed by atoms with E-state index in [1.807, 2.05) is 12.2 Å². The van der Waals surface area contributed by atoms with E-state index in [1.165, 1.54) is 64.2 Å². The highest BCUT2D eigenvalue weighted by Crippen LogP contribution is 2.27. The first-order chi connectivity index (χ1) is 26.1. The van der Waals surface area contributed by atoms with Crippen LogP contribution in [-0.4, -0.2) is 39.1 Å². The summed E-state index contributed by atoms with van der Waals surface area (Å²) in [5, 5.41) is 24.7. The third-order valence-electron chi connectivity index (χ3n) is 10.5. The van der Waals surface area contributed by atoms with E-state index in [9.17, 15) is 29.4 Å². The van der Waals surface area contributed by atoms with Gasteiger partial charge in [-0.1, -0.05) is 180 Å². The van der Waals surface area contributed by atoms with Crippen LogP contribution in [0.25, 0.3) is 0 Å². The molecule has 0 saturated carbocycles. The van der Waals surface area contributed by atoms with Crippen LogP contribution in [0.15, 0.2) is 24.3 Å². The molecule has 54 heavy (non-hydrogen) atoms. The Labute approximate surface area is 335 Å². The Balaban J connectivity index is 5.89. The second kappa shape index (κ2) is 36.1. The summed E-state index contributed by atoms with van der Waals surface area (Å²) >= 11 is 5.46. The van der Waals surface area contributed by atoms with Crippen molar-refractivity contribution in [2.75, 3.05) is 0 Å². The third-order valence-corrected chi connectivity index (χ3v) is 10.7. The molecule has 0 aliphatic heterocycles. The number of carbonyl (C=O) groups is 4. The molecule has 0 heterocycles. The van der Waals surface area contributed by atoms with Gasteiger partial charge in [0.25, 0.3) is 0 Å². The molecule has 0 rings (SSSR count). The van der Waals surface area contributed by atoms with E-state index >= 15 is 0 Å². The van der Waals surface area contributed by atoms with Crippen molar-refractivity contribution in [3.8, 4) is 0 Å². The van der Waals surface area contributed by atoms with Crippen molar-refractivity contribution in [2.24, 2.45) is 23.7 Å². The monoisotopic (exact) mass is 777 g/mol. The van der Waals surface area contributed by atoms with Crippen molar-refractivity contribution < 1.29 is 29.4 Å². The Hall–Kier alpha value is -2.55. The maximum absolute atomic E-state index is 13.7. The summed E-state index contributed by atoms with van der Waals surface area (Å²) in [5.74, 6) is -5.49. The van der Waals surface area contributed by atoms with Crippen LogP contribution in [0.3, 0.4) is 0 Å². The van der Waals surface area contributed by atoms with E-state index in [1.54, 1.807) is 0 Å². The molecule has 0 bridgehead atoms. The van der Waals surface area contributed by atoms with Crippen LogP contribution in [0.2, 0.25) is 0 Å². The lowest BCUT2D eigenvalue weighted by Gasteiger charge is -2.25. The molecule has 312 valence electrons. The number of carboxylic acids is 2. The van der Waals surface area contributed by atoms with Gasteiger partial charge in [0, 0.05) is 0 Å². The molecule has 0 fully saturated rings. The highest BCUT2D eigenvalue weighted by Gasteiger charge is 2.32. The van der Waals surface area contributed by atoms with E-state index in [0.717, 1.165) is 89.9 Å². The van der Waals surface area contributed by atoms with Gasteiger partial charge in [0.15, 0.2) is 5.11 Å². The van der Waals surface area contributed by atoms with Crippen LogP contribution in [-0.2, 0) is 19.2 Å². The predicted molar refractivity (Wildman–Crippen MR) is 228 cm³/mol. The third kappa shape index (κ3) is 28.8. The minimum atomic E-state index is -1.07. The number of amides is 2. The smallest absolute Gasteiger partial charge is 0.304 e. The number of allylic oxidation sites excluding steroid dienone is 4. The van der Waals surface area contributed by atoms with Gasteiger partial charge < -0.3 is 20.8 Å². The topological polar surface area (TPSA) is 133 Å². The molecule has 0 aromatic heterocycles. The minimum Gasteiger partial charge on any atom is -0.481 e. The summed E-state index contributed by atoms with van der Waals surface area (Å²) in [5.41, 5.74) is 0. The number of aliphatic carboxylic acids is 2. The standard InChI is InChI=1S/C45H80N2O6S/c1-5-9-13-17-21-25-29-33-37(31-27-23-19-15-11-7-3)39(35-41(48)49)43(52)46-45(54)47-44(53)40(36-42(50)51)38(32-28-24-20-16-12-8-4)34-30-26-22-18-14-10-6-2/h29-30,33-34,37-40H,5-28,31-32,35-36H2,1-4H3,(H,48,49)(H,50,51)(H2,46,47,52,53,54)/b33-29-,34-30+. The Morgan fingerprint density at radius 1 is 0.481 bits per heavy atom. The van der Waals surface area contributed by atoms with Gasteiger partial charge in [-0.25, -0.2) is 0 Å². The normalized spacial score (nSPS) is 13.9. The number of thiocarbonyl (C=S) groups is 1. The minimum absolute atomic E-state index is 0.216. The summed E-state index contributed by atoms with van der Waals surface area (Å²) in [6.45, 7) is 8.74. The number of carboxylic acid groups (broad SMARTS) is 2. The second-order valence-corrected chi connectivity index (χ2v) is 15.8. The Kier molecular flexibility index (Phi) is 34.4. The van der Waals surface area contributed by atoms with Crippen LogP contribution >= 0.6 is 12.2 Å². The number of hydrogen-bond donors (Lipinski definition) is 4. The Morgan fingerprint density at radius 2 is 0.778 bits per heavy atom. The average Bonchev–Trinajstić information content (AvgIpc) is 3.13. The Morgan fingerprint density at radius 3 is 1.09 bits per heavy atom. The zero-order valence-corrected chi connectivity index (χ0v) is 35.7.